The molecule has 3 rings (SSSR count). The zero-order valence-corrected chi connectivity index (χ0v) is 19.6. The fraction of sp³-hybridized carbons (Fsp3) is 0.130. The number of carboxylic acid groups (broad SMARTS) is 1. The molecule has 4 nitrogen and oxygen atoms in total. The Bertz CT molecular complexity index is 1120. The Morgan fingerprint density at radius 2 is 1.78 bits per heavy atom. The molecule has 166 valence electrons. The maximum Gasteiger partial charge on any atom is 0.341 e. The molecule has 0 atom stereocenters. The van der Waals surface area contributed by atoms with Gasteiger partial charge in [-0.15, -0.1) is 11.8 Å². The molecule has 0 unspecified atom stereocenters. The summed E-state index contributed by atoms with van der Waals surface area (Å²) in [6.45, 7) is 0.242. The molecule has 0 radical (unpaired) electrons. The highest BCUT2D eigenvalue weighted by Gasteiger charge is 2.14. The Balaban J connectivity index is 1.67. The standard InChI is InChI=1S/C23H17Cl3FNO3S/c24-15-10-19(25)22(20(26)11-15)32-13-17-2-1-3-21(28-17)18(23(29)30)12-31-9-8-14-4-6-16(27)7-5-14/h1-7,10-12H,8-9,13H2,(H,29,30). The maximum atomic E-state index is 13.0. The number of carbonyl (C=O) groups is 1. The predicted molar refractivity (Wildman–Crippen MR) is 127 cm³/mol. The van der Waals surface area contributed by atoms with Gasteiger partial charge in [0.1, 0.15) is 11.4 Å². The number of pyridine rings is 1. The highest BCUT2D eigenvalue weighted by Crippen LogP contribution is 2.38. The molecule has 0 saturated carbocycles. The van der Waals surface area contributed by atoms with Gasteiger partial charge in [-0.1, -0.05) is 53.0 Å². The van der Waals surface area contributed by atoms with Gasteiger partial charge in [-0.25, -0.2) is 9.18 Å². The molecule has 0 spiro atoms. The topological polar surface area (TPSA) is 59.4 Å². The van der Waals surface area contributed by atoms with E-state index < -0.39 is 5.97 Å². The molecule has 32 heavy (non-hydrogen) atoms. The summed E-state index contributed by atoms with van der Waals surface area (Å²) in [5.41, 5.74) is 1.73. The molecule has 1 N–H and O–H groups in total. The van der Waals surface area contributed by atoms with Crippen molar-refractivity contribution < 1.29 is 19.0 Å². The average molecular weight is 513 g/mol. The van der Waals surface area contributed by atoms with Gasteiger partial charge in [0, 0.05) is 22.1 Å². The molecule has 0 aliphatic carbocycles. The van der Waals surface area contributed by atoms with Gasteiger partial charge in [-0.3, -0.25) is 4.98 Å². The Labute approximate surface area is 204 Å². The summed E-state index contributed by atoms with van der Waals surface area (Å²) in [7, 11) is 0. The van der Waals surface area contributed by atoms with Crippen LogP contribution in [0.2, 0.25) is 15.1 Å². The second-order valence-corrected chi connectivity index (χ2v) is 8.82. The van der Waals surface area contributed by atoms with Crippen LogP contribution in [0.1, 0.15) is 17.0 Å². The van der Waals surface area contributed by atoms with Crippen LogP contribution in [0.15, 0.2) is 65.8 Å². The van der Waals surface area contributed by atoms with Crippen LogP contribution in [-0.2, 0) is 21.7 Å². The number of hydrogen-bond acceptors (Lipinski definition) is 4. The summed E-state index contributed by atoms with van der Waals surface area (Å²) in [6, 6.07) is 14.4. The van der Waals surface area contributed by atoms with Crippen LogP contribution in [0.4, 0.5) is 4.39 Å². The number of halogens is 4. The molecule has 0 bridgehead atoms. The molecule has 0 aliphatic heterocycles. The number of nitrogens with zero attached hydrogens (tertiary/aromatic N) is 1. The van der Waals surface area contributed by atoms with E-state index in [0.29, 0.717) is 37.8 Å². The number of aromatic nitrogens is 1. The number of rotatable bonds is 9. The van der Waals surface area contributed by atoms with Crippen molar-refractivity contribution in [1.82, 2.24) is 4.98 Å². The lowest BCUT2D eigenvalue weighted by molar-refractivity contribution is -0.130. The molecular formula is C23H17Cl3FNO3S. The van der Waals surface area contributed by atoms with Gasteiger partial charge in [0.05, 0.1) is 34.3 Å². The van der Waals surface area contributed by atoms with E-state index in [1.54, 1.807) is 42.5 Å². The van der Waals surface area contributed by atoms with E-state index in [0.717, 1.165) is 5.56 Å². The van der Waals surface area contributed by atoms with E-state index in [9.17, 15) is 14.3 Å². The Morgan fingerprint density at radius 1 is 1.09 bits per heavy atom. The first-order valence-electron chi connectivity index (χ1n) is 9.36. The molecule has 1 heterocycles. The lowest BCUT2D eigenvalue weighted by atomic mass is 10.1. The van der Waals surface area contributed by atoms with E-state index in [1.807, 2.05) is 0 Å². The summed E-state index contributed by atoms with van der Waals surface area (Å²) in [4.78, 5) is 16.8. The Morgan fingerprint density at radius 3 is 2.44 bits per heavy atom. The molecule has 0 amide bonds. The lowest BCUT2D eigenvalue weighted by Gasteiger charge is -2.09. The number of carboxylic acids is 1. The van der Waals surface area contributed by atoms with Gasteiger partial charge in [0.25, 0.3) is 0 Å². The minimum atomic E-state index is -1.16. The molecule has 0 saturated heterocycles. The Kier molecular flexibility index (Phi) is 8.82. The van der Waals surface area contributed by atoms with Crippen molar-refractivity contribution in [2.75, 3.05) is 6.61 Å². The molecule has 0 aliphatic rings. The third-order valence-electron chi connectivity index (χ3n) is 4.26. The minimum Gasteiger partial charge on any atom is -0.500 e. The van der Waals surface area contributed by atoms with Gasteiger partial charge in [0.15, 0.2) is 0 Å². The molecule has 3 aromatic rings. The van der Waals surface area contributed by atoms with Crippen LogP contribution in [-0.4, -0.2) is 22.7 Å². The molecule has 2 aromatic carbocycles. The maximum absolute atomic E-state index is 13.0. The normalized spacial score (nSPS) is 11.4. The minimum absolute atomic E-state index is 0.0708. The lowest BCUT2D eigenvalue weighted by Crippen LogP contribution is -2.05. The quantitative estimate of drug-likeness (QED) is 0.143. The summed E-state index contributed by atoms with van der Waals surface area (Å²) in [5, 5.41) is 10.9. The van der Waals surface area contributed by atoms with Crippen molar-refractivity contribution >= 4 is 58.1 Å². The van der Waals surface area contributed by atoms with Gasteiger partial charge >= 0.3 is 5.97 Å². The van der Waals surface area contributed by atoms with E-state index in [4.69, 9.17) is 39.5 Å². The van der Waals surface area contributed by atoms with E-state index in [1.165, 1.54) is 30.2 Å². The number of hydrogen-bond donors (Lipinski definition) is 1. The third-order valence-corrected chi connectivity index (χ3v) is 6.47. The zero-order valence-electron chi connectivity index (χ0n) is 16.5. The van der Waals surface area contributed by atoms with Gasteiger partial charge in [0.2, 0.25) is 0 Å². The number of ether oxygens (including phenoxy) is 1. The predicted octanol–water partition coefficient (Wildman–Crippen LogP) is 7.16. The first kappa shape index (κ1) is 24.4. The average Bonchev–Trinajstić information content (AvgIpc) is 2.74. The number of aliphatic carboxylic acids is 1. The molecule has 9 heteroatoms. The monoisotopic (exact) mass is 511 g/mol. The second kappa shape index (κ2) is 11.6. The van der Waals surface area contributed by atoms with Crippen LogP contribution in [0.3, 0.4) is 0 Å². The van der Waals surface area contributed by atoms with E-state index in [-0.39, 0.29) is 23.7 Å². The SMILES string of the molecule is O=C(O)C(=COCCc1ccc(F)cc1)c1cccc(CSc2c(Cl)cc(Cl)cc2Cl)n1. The summed E-state index contributed by atoms with van der Waals surface area (Å²) >= 11 is 19.7. The van der Waals surface area contributed by atoms with Crippen molar-refractivity contribution in [2.45, 2.75) is 17.1 Å². The van der Waals surface area contributed by atoms with E-state index >= 15 is 0 Å². The van der Waals surface area contributed by atoms with Gasteiger partial charge < -0.3 is 9.84 Å². The van der Waals surface area contributed by atoms with Gasteiger partial charge in [-0.05, 0) is 42.0 Å². The smallest absolute Gasteiger partial charge is 0.341 e. The van der Waals surface area contributed by atoms with Crippen LogP contribution in [0.25, 0.3) is 5.57 Å². The van der Waals surface area contributed by atoms with Crippen molar-refractivity contribution in [2.24, 2.45) is 0 Å². The summed E-state index contributed by atoms with van der Waals surface area (Å²) in [5.74, 6) is -1.05. The van der Waals surface area contributed by atoms with E-state index in [2.05, 4.69) is 4.98 Å². The second-order valence-electron chi connectivity index (χ2n) is 6.59. The summed E-state index contributed by atoms with van der Waals surface area (Å²) < 4.78 is 18.4. The molecular weight excluding hydrogens is 496 g/mol. The fourth-order valence-electron chi connectivity index (χ4n) is 2.71. The highest BCUT2D eigenvalue weighted by atomic mass is 35.5. The highest BCUT2D eigenvalue weighted by molar-refractivity contribution is 7.98. The van der Waals surface area contributed by atoms with Crippen LogP contribution >= 0.6 is 46.6 Å². The van der Waals surface area contributed by atoms with Crippen LogP contribution < -0.4 is 0 Å². The van der Waals surface area contributed by atoms with Crippen LogP contribution in [0.5, 0.6) is 0 Å². The molecule has 1 aromatic heterocycles. The first-order valence-corrected chi connectivity index (χ1v) is 11.5. The first-order chi connectivity index (χ1) is 15.3. The largest absolute Gasteiger partial charge is 0.500 e. The van der Waals surface area contributed by atoms with Crippen molar-refractivity contribution in [3.63, 3.8) is 0 Å². The van der Waals surface area contributed by atoms with Crippen molar-refractivity contribution in [3.05, 3.63) is 98.7 Å². The summed E-state index contributed by atoms with van der Waals surface area (Å²) in [6.07, 6.45) is 1.69. The zero-order chi connectivity index (χ0) is 23.1. The third kappa shape index (κ3) is 6.87. The van der Waals surface area contributed by atoms with Crippen molar-refractivity contribution in [3.8, 4) is 0 Å². The number of thioether (sulfide) groups is 1. The number of benzene rings is 2. The molecule has 0 fully saturated rings. The van der Waals surface area contributed by atoms with Crippen molar-refractivity contribution in [1.29, 1.82) is 0 Å². The van der Waals surface area contributed by atoms with Gasteiger partial charge in [-0.2, -0.15) is 0 Å². The van der Waals surface area contributed by atoms with Crippen LogP contribution in [0, 0.1) is 5.82 Å². The Hall–Kier alpha value is -2.25. The fourth-order valence-corrected chi connectivity index (χ4v) is 4.70.